The molecule has 0 bridgehead atoms. The molecule has 2 N–H and O–H groups in total. The average molecular weight is 244 g/mol. The van der Waals surface area contributed by atoms with Crippen molar-refractivity contribution in [3.63, 3.8) is 0 Å². The van der Waals surface area contributed by atoms with Gasteiger partial charge in [-0.15, -0.1) is 0 Å². The zero-order valence-electron chi connectivity index (χ0n) is 9.40. The molecule has 0 aliphatic carbocycles. The number of rotatable bonds is 3. The van der Waals surface area contributed by atoms with Gasteiger partial charge in [0.2, 0.25) is 10.0 Å². The zero-order valence-corrected chi connectivity index (χ0v) is 10.2. The van der Waals surface area contributed by atoms with Crippen LogP contribution >= 0.6 is 0 Å². The van der Waals surface area contributed by atoms with E-state index < -0.39 is 15.3 Å². The fourth-order valence-electron chi connectivity index (χ4n) is 1.52. The second kappa shape index (κ2) is 3.97. The van der Waals surface area contributed by atoms with Gasteiger partial charge in [0.1, 0.15) is 11.5 Å². The molecule has 6 nitrogen and oxygen atoms in total. The topological polar surface area (TPSA) is 76.0 Å². The van der Waals surface area contributed by atoms with Gasteiger partial charge >= 0.3 is 0 Å². The normalized spacial score (nSPS) is 15.7. The van der Waals surface area contributed by atoms with Crippen LogP contribution in [0.15, 0.2) is 6.20 Å². The molecule has 0 amide bonds. The van der Waals surface area contributed by atoms with Gasteiger partial charge < -0.3 is 5.32 Å². The van der Waals surface area contributed by atoms with Gasteiger partial charge in [0.25, 0.3) is 0 Å². The molecule has 2 rings (SSSR count). The van der Waals surface area contributed by atoms with E-state index in [-0.39, 0.29) is 0 Å². The Bertz CT molecular complexity index is 478. The molecule has 1 aliphatic rings. The quantitative estimate of drug-likeness (QED) is 0.826. The average Bonchev–Trinajstić information content (AvgIpc) is 2.61. The van der Waals surface area contributed by atoms with Crippen LogP contribution in [0.3, 0.4) is 0 Å². The van der Waals surface area contributed by atoms with Gasteiger partial charge in [0, 0.05) is 13.1 Å². The van der Waals surface area contributed by atoms with E-state index >= 15 is 0 Å². The fraction of sp³-hybridized carbons (Fsp3) is 0.667. The number of fused-ring (bicyclic) bond motifs is 1. The minimum absolute atomic E-state index is 0.452. The van der Waals surface area contributed by atoms with E-state index in [1.807, 2.05) is 0 Å². The third-order valence-electron chi connectivity index (χ3n) is 2.55. The lowest BCUT2D eigenvalue weighted by Crippen LogP contribution is -2.24. The molecule has 1 aromatic heterocycles. The largest absolute Gasteiger partial charge is 0.368 e. The SMILES string of the molecule is CC(C)S(=O)(=O)Nc1cnn2c1NCCC2. The third-order valence-corrected chi connectivity index (χ3v) is 4.30. The summed E-state index contributed by atoms with van der Waals surface area (Å²) in [5.74, 6) is 0.760. The number of nitrogens with zero attached hydrogens (tertiary/aromatic N) is 2. The molecule has 1 aromatic rings. The van der Waals surface area contributed by atoms with Crippen molar-refractivity contribution in [3.05, 3.63) is 6.20 Å². The molecule has 16 heavy (non-hydrogen) atoms. The fourth-order valence-corrected chi connectivity index (χ4v) is 2.21. The summed E-state index contributed by atoms with van der Waals surface area (Å²) in [5.41, 5.74) is 0.536. The number of aromatic nitrogens is 2. The van der Waals surface area contributed by atoms with Crippen molar-refractivity contribution >= 4 is 21.5 Å². The maximum atomic E-state index is 11.7. The minimum Gasteiger partial charge on any atom is -0.368 e. The third kappa shape index (κ3) is 1.99. The highest BCUT2D eigenvalue weighted by molar-refractivity contribution is 7.93. The zero-order chi connectivity index (χ0) is 11.8. The van der Waals surface area contributed by atoms with E-state index in [9.17, 15) is 8.42 Å². The second-order valence-corrected chi connectivity index (χ2v) is 6.34. The Morgan fingerprint density at radius 2 is 2.31 bits per heavy atom. The summed E-state index contributed by atoms with van der Waals surface area (Å²) < 4.78 is 27.7. The highest BCUT2D eigenvalue weighted by Gasteiger charge is 2.21. The van der Waals surface area contributed by atoms with Gasteiger partial charge in [-0.25, -0.2) is 13.1 Å². The summed E-state index contributed by atoms with van der Waals surface area (Å²) in [6.07, 6.45) is 2.55. The van der Waals surface area contributed by atoms with Gasteiger partial charge in [0.05, 0.1) is 11.4 Å². The molecule has 0 aromatic carbocycles. The van der Waals surface area contributed by atoms with E-state index in [1.54, 1.807) is 24.7 Å². The smallest absolute Gasteiger partial charge is 0.235 e. The Hall–Kier alpha value is -1.24. The first-order valence-electron chi connectivity index (χ1n) is 5.32. The van der Waals surface area contributed by atoms with Crippen LogP contribution in [0.2, 0.25) is 0 Å². The number of sulfonamides is 1. The van der Waals surface area contributed by atoms with Crippen molar-refractivity contribution in [1.82, 2.24) is 9.78 Å². The van der Waals surface area contributed by atoms with E-state index in [0.717, 1.165) is 25.3 Å². The summed E-state index contributed by atoms with van der Waals surface area (Å²) >= 11 is 0. The van der Waals surface area contributed by atoms with Crippen LogP contribution in [0.5, 0.6) is 0 Å². The summed E-state index contributed by atoms with van der Waals surface area (Å²) in [4.78, 5) is 0. The van der Waals surface area contributed by atoms with E-state index in [1.165, 1.54) is 0 Å². The summed E-state index contributed by atoms with van der Waals surface area (Å²) in [6, 6.07) is 0. The van der Waals surface area contributed by atoms with Crippen molar-refractivity contribution in [3.8, 4) is 0 Å². The van der Waals surface area contributed by atoms with Crippen molar-refractivity contribution < 1.29 is 8.42 Å². The number of hydrogen-bond donors (Lipinski definition) is 2. The van der Waals surface area contributed by atoms with Gasteiger partial charge in [0.15, 0.2) is 0 Å². The molecule has 0 spiro atoms. The van der Waals surface area contributed by atoms with Crippen molar-refractivity contribution in [2.45, 2.75) is 32.1 Å². The lowest BCUT2D eigenvalue weighted by atomic mass is 10.3. The molecular weight excluding hydrogens is 228 g/mol. The Morgan fingerprint density at radius 3 is 3.00 bits per heavy atom. The van der Waals surface area contributed by atoms with Gasteiger partial charge in [-0.1, -0.05) is 0 Å². The number of anilines is 2. The van der Waals surface area contributed by atoms with Crippen molar-refractivity contribution in [2.75, 3.05) is 16.6 Å². The van der Waals surface area contributed by atoms with Crippen LogP contribution < -0.4 is 10.0 Å². The first kappa shape index (κ1) is 11.3. The van der Waals surface area contributed by atoms with Crippen molar-refractivity contribution in [1.29, 1.82) is 0 Å². The minimum atomic E-state index is -3.30. The van der Waals surface area contributed by atoms with E-state index in [0.29, 0.717) is 5.69 Å². The molecule has 0 radical (unpaired) electrons. The number of nitrogens with one attached hydrogen (secondary N) is 2. The molecule has 0 unspecified atom stereocenters. The van der Waals surface area contributed by atoms with Crippen LogP contribution in [-0.2, 0) is 16.6 Å². The Labute approximate surface area is 95.1 Å². The lowest BCUT2D eigenvalue weighted by Gasteiger charge is -2.18. The van der Waals surface area contributed by atoms with Crippen LogP contribution in [0.25, 0.3) is 0 Å². The number of hydrogen-bond acceptors (Lipinski definition) is 4. The molecule has 0 atom stereocenters. The van der Waals surface area contributed by atoms with Gasteiger partial charge in [-0.2, -0.15) is 5.10 Å². The molecule has 90 valence electrons. The molecule has 0 saturated heterocycles. The van der Waals surface area contributed by atoms with E-state index in [4.69, 9.17) is 0 Å². The molecule has 2 heterocycles. The molecule has 1 aliphatic heterocycles. The molecular formula is C9H16N4O2S. The number of aryl methyl sites for hydroxylation is 1. The summed E-state index contributed by atoms with van der Waals surface area (Å²) in [5, 5.41) is 6.82. The lowest BCUT2D eigenvalue weighted by molar-refractivity contribution is 0.568. The van der Waals surface area contributed by atoms with Gasteiger partial charge in [-0.3, -0.25) is 4.72 Å². The first-order chi connectivity index (χ1) is 7.50. The molecule has 0 saturated carbocycles. The summed E-state index contributed by atoms with van der Waals surface area (Å²) in [6.45, 7) is 4.96. The predicted octanol–water partition coefficient (Wildman–Crippen LogP) is 0.849. The maximum absolute atomic E-state index is 11.7. The van der Waals surface area contributed by atoms with Crippen LogP contribution in [0.4, 0.5) is 11.5 Å². The van der Waals surface area contributed by atoms with Crippen molar-refractivity contribution in [2.24, 2.45) is 0 Å². The van der Waals surface area contributed by atoms with E-state index in [2.05, 4.69) is 15.1 Å². The predicted molar refractivity (Wildman–Crippen MR) is 63.0 cm³/mol. The van der Waals surface area contributed by atoms with Crippen LogP contribution in [0, 0.1) is 0 Å². The highest BCUT2D eigenvalue weighted by atomic mass is 32.2. The summed E-state index contributed by atoms with van der Waals surface area (Å²) in [7, 11) is -3.30. The highest BCUT2D eigenvalue weighted by Crippen LogP contribution is 2.25. The Morgan fingerprint density at radius 1 is 1.56 bits per heavy atom. The standard InChI is InChI=1S/C9H16N4O2S/c1-7(2)16(14,15)12-8-6-11-13-5-3-4-10-9(8)13/h6-7,10,12H,3-5H2,1-2H3. The maximum Gasteiger partial charge on any atom is 0.235 e. The monoisotopic (exact) mass is 244 g/mol. The van der Waals surface area contributed by atoms with Crippen LogP contribution in [0.1, 0.15) is 20.3 Å². The Kier molecular flexibility index (Phi) is 2.79. The first-order valence-corrected chi connectivity index (χ1v) is 6.86. The van der Waals surface area contributed by atoms with Crippen LogP contribution in [-0.4, -0.2) is 30.0 Å². The second-order valence-electron chi connectivity index (χ2n) is 4.11. The molecule has 7 heteroatoms. The molecule has 0 fully saturated rings. The van der Waals surface area contributed by atoms with Gasteiger partial charge in [-0.05, 0) is 20.3 Å². The Balaban J connectivity index is 2.26.